The minimum Gasteiger partial charge on any atom is -0.464 e. The molecule has 2 N–H and O–H groups in total. The molecule has 6 nitrogen and oxygen atoms in total. The molecule has 0 unspecified atom stereocenters. The highest BCUT2D eigenvalue weighted by Gasteiger charge is 2.17. The van der Waals surface area contributed by atoms with Crippen molar-refractivity contribution >= 4 is 35.0 Å². The molecule has 1 heterocycles. The third kappa shape index (κ3) is 7.17. The maximum absolute atomic E-state index is 13.4. The number of carbonyl (C=O) groups is 3. The maximum Gasteiger partial charge on any atom is 0.248 e. The smallest absolute Gasteiger partial charge is 0.248 e. The summed E-state index contributed by atoms with van der Waals surface area (Å²) in [4.78, 5) is 39.0. The van der Waals surface area contributed by atoms with Crippen LogP contribution in [-0.2, 0) is 16.0 Å². The Morgan fingerprint density at radius 2 is 1.43 bits per heavy atom. The molecule has 4 aromatic carbocycles. The maximum atomic E-state index is 13.4. The van der Waals surface area contributed by atoms with E-state index in [0.717, 1.165) is 22.3 Å². The van der Waals surface area contributed by atoms with E-state index < -0.39 is 5.91 Å². The molecule has 0 saturated carbocycles. The Morgan fingerprint density at radius 3 is 2.14 bits per heavy atom. The van der Waals surface area contributed by atoms with Crippen LogP contribution in [0.4, 0.5) is 11.4 Å². The number of amides is 2. The molecular formula is C36H30N2O4. The second-order valence-electron chi connectivity index (χ2n) is 10.1. The number of anilines is 2. The summed E-state index contributed by atoms with van der Waals surface area (Å²) >= 11 is 0. The number of rotatable bonds is 9. The zero-order chi connectivity index (χ0) is 29.5. The number of ketones is 1. The summed E-state index contributed by atoms with van der Waals surface area (Å²) in [6.45, 7) is 4.02. The molecule has 0 bridgehead atoms. The van der Waals surface area contributed by atoms with Crippen LogP contribution in [0.2, 0.25) is 0 Å². The van der Waals surface area contributed by atoms with E-state index >= 15 is 0 Å². The molecule has 0 saturated heterocycles. The van der Waals surface area contributed by atoms with Gasteiger partial charge < -0.3 is 15.1 Å². The van der Waals surface area contributed by atoms with E-state index in [0.29, 0.717) is 22.7 Å². The standard InChI is InChI=1S/C36H30N2O4/c1-24-8-12-26(13-9-24)20-35(40)38-33-18-16-30(22-32(33)36(41)28-6-4-3-5-7-28)37-34(39)19-17-31-21-29(23-42-31)27-14-10-25(2)11-15-27/h3-19,21-23H,20H2,1-2H3,(H,37,39)(H,38,40)/b19-17+. The zero-order valence-electron chi connectivity index (χ0n) is 23.4. The molecule has 0 radical (unpaired) electrons. The summed E-state index contributed by atoms with van der Waals surface area (Å²) in [5, 5.41) is 5.67. The molecular weight excluding hydrogens is 524 g/mol. The molecule has 6 heteroatoms. The van der Waals surface area contributed by atoms with Crippen molar-refractivity contribution in [3.05, 3.63) is 149 Å². The van der Waals surface area contributed by atoms with Gasteiger partial charge in [-0.2, -0.15) is 0 Å². The average Bonchev–Trinajstić information content (AvgIpc) is 3.48. The van der Waals surface area contributed by atoms with E-state index in [4.69, 9.17) is 4.42 Å². The first kappa shape index (κ1) is 28.1. The molecule has 0 aliphatic carbocycles. The molecule has 2 amide bonds. The van der Waals surface area contributed by atoms with Crippen LogP contribution >= 0.6 is 0 Å². The summed E-state index contributed by atoms with van der Waals surface area (Å²) in [5.41, 5.74) is 6.62. The quantitative estimate of drug-likeness (QED) is 0.145. The Balaban J connectivity index is 1.32. The number of nitrogens with one attached hydrogen (secondary N) is 2. The van der Waals surface area contributed by atoms with Crippen molar-refractivity contribution in [3.63, 3.8) is 0 Å². The average molecular weight is 555 g/mol. The van der Waals surface area contributed by atoms with Crippen LogP contribution in [0, 0.1) is 13.8 Å². The van der Waals surface area contributed by atoms with Crippen LogP contribution in [0.15, 0.2) is 120 Å². The van der Waals surface area contributed by atoms with Gasteiger partial charge in [0.05, 0.1) is 18.4 Å². The van der Waals surface area contributed by atoms with E-state index in [1.807, 2.05) is 74.5 Å². The summed E-state index contributed by atoms with van der Waals surface area (Å²) in [5.74, 6) is -0.374. The lowest BCUT2D eigenvalue weighted by atomic mass is 10.0. The van der Waals surface area contributed by atoms with Crippen molar-refractivity contribution in [2.45, 2.75) is 20.3 Å². The fourth-order valence-corrected chi connectivity index (χ4v) is 4.43. The first-order valence-corrected chi connectivity index (χ1v) is 13.6. The lowest BCUT2D eigenvalue weighted by Crippen LogP contribution is -2.18. The highest BCUT2D eigenvalue weighted by Crippen LogP contribution is 2.25. The van der Waals surface area contributed by atoms with Gasteiger partial charge in [0.15, 0.2) is 5.78 Å². The first-order chi connectivity index (χ1) is 20.3. The van der Waals surface area contributed by atoms with Crippen LogP contribution in [0.1, 0.15) is 38.4 Å². The second kappa shape index (κ2) is 12.8. The summed E-state index contributed by atoms with van der Waals surface area (Å²) < 4.78 is 5.60. The minimum absolute atomic E-state index is 0.168. The van der Waals surface area contributed by atoms with Crippen molar-refractivity contribution < 1.29 is 18.8 Å². The van der Waals surface area contributed by atoms with Crippen molar-refractivity contribution in [2.24, 2.45) is 0 Å². The topological polar surface area (TPSA) is 88.4 Å². The van der Waals surface area contributed by atoms with Crippen molar-refractivity contribution in [3.8, 4) is 11.1 Å². The Bertz CT molecular complexity index is 1750. The summed E-state index contributed by atoms with van der Waals surface area (Å²) in [6.07, 6.45) is 4.77. The number of aryl methyl sites for hydroxylation is 2. The Hall–Kier alpha value is -5.49. The molecule has 0 spiro atoms. The third-order valence-corrected chi connectivity index (χ3v) is 6.73. The summed E-state index contributed by atoms with van der Waals surface area (Å²) in [6, 6.07) is 31.3. The van der Waals surface area contributed by atoms with Gasteiger partial charge in [0.1, 0.15) is 5.76 Å². The fraction of sp³-hybridized carbons (Fsp3) is 0.0833. The number of carbonyl (C=O) groups excluding carboxylic acids is 3. The Kier molecular flexibility index (Phi) is 8.54. The predicted molar refractivity (Wildman–Crippen MR) is 166 cm³/mol. The molecule has 1 aromatic heterocycles. The van der Waals surface area contributed by atoms with Crippen LogP contribution in [0.5, 0.6) is 0 Å². The van der Waals surface area contributed by atoms with E-state index in [9.17, 15) is 14.4 Å². The van der Waals surface area contributed by atoms with Gasteiger partial charge in [-0.3, -0.25) is 14.4 Å². The zero-order valence-corrected chi connectivity index (χ0v) is 23.4. The molecule has 0 atom stereocenters. The molecule has 0 aliphatic heterocycles. The highest BCUT2D eigenvalue weighted by molar-refractivity contribution is 6.15. The number of furan rings is 1. The predicted octanol–water partition coefficient (Wildman–Crippen LogP) is 7.63. The van der Waals surface area contributed by atoms with Gasteiger partial charge in [0, 0.05) is 28.5 Å². The molecule has 0 fully saturated rings. The summed E-state index contributed by atoms with van der Waals surface area (Å²) in [7, 11) is 0. The van der Waals surface area contributed by atoms with E-state index in [2.05, 4.69) is 10.6 Å². The number of benzene rings is 4. The molecule has 0 aliphatic rings. The largest absolute Gasteiger partial charge is 0.464 e. The fourth-order valence-electron chi connectivity index (χ4n) is 4.43. The molecule has 5 aromatic rings. The van der Waals surface area contributed by atoms with Gasteiger partial charge >= 0.3 is 0 Å². The normalized spacial score (nSPS) is 10.9. The first-order valence-electron chi connectivity index (χ1n) is 13.6. The lowest BCUT2D eigenvalue weighted by molar-refractivity contribution is -0.115. The Labute approximate surface area is 244 Å². The SMILES string of the molecule is Cc1ccc(CC(=O)Nc2ccc(NC(=O)/C=C/c3cc(-c4ccc(C)cc4)co3)cc2C(=O)c2ccccc2)cc1. The van der Waals surface area contributed by atoms with Crippen molar-refractivity contribution in [2.75, 3.05) is 10.6 Å². The highest BCUT2D eigenvalue weighted by atomic mass is 16.3. The molecule has 5 rings (SSSR count). The van der Waals surface area contributed by atoms with Gasteiger partial charge in [0.2, 0.25) is 11.8 Å². The van der Waals surface area contributed by atoms with E-state index in [-0.39, 0.29) is 23.7 Å². The number of hydrogen-bond acceptors (Lipinski definition) is 4. The van der Waals surface area contributed by atoms with E-state index in [1.54, 1.807) is 54.8 Å². The van der Waals surface area contributed by atoms with Crippen LogP contribution < -0.4 is 10.6 Å². The third-order valence-electron chi connectivity index (χ3n) is 6.73. The van der Waals surface area contributed by atoms with Crippen LogP contribution in [0.25, 0.3) is 17.2 Å². The van der Waals surface area contributed by atoms with Crippen molar-refractivity contribution in [1.82, 2.24) is 0 Å². The minimum atomic E-state index is -0.391. The monoisotopic (exact) mass is 554 g/mol. The van der Waals surface area contributed by atoms with Gasteiger partial charge in [0.25, 0.3) is 0 Å². The number of hydrogen-bond donors (Lipinski definition) is 2. The molecule has 42 heavy (non-hydrogen) atoms. The van der Waals surface area contributed by atoms with Gasteiger partial charge in [-0.15, -0.1) is 0 Å². The molecule has 208 valence electrons. The lowest BCUT2D eigenvalue weighted by Gasteiger charge is -2.13. The van der Waals surface area contributed by atoms with Gasteiger partial charge in [-0.1, -0.05) is 90.0 Å². The van der Waals surface area contributed by atoms with Gasteiger partial charge in [-0.25, -0.2) is 0 Å². The van der Waals surface area contributed by atoms with Crippen LogP contribution in [0.3, 0.4) is 0 Å². The Morgan fingerprint density at radius 1 is 0.738 bits per heavy atom. The second-order valence-corrected chi connectivity index (χ2v) is 10.1. The van der Waals surface area contributed by atoms with E-state index in [1.165, 1.54) is 11.6 Å². The van der Waals surface area contributed by atoms with Gasteiger partial charge in [-0.05, 0) is 55.3 Å². The van der Waals surface area contributed by atoms with Crippen LogP contribution in [-0.4, -0.2) is 17.6 Å². The van der Waals surface area contributed by atoms with Crippen molar-refractivity contribution in [1.29, 1.82) is 0 Å².